The molecular weight excluding hydrogens is 262 g/mol. The number of hydrogen-bond donors (Lipinski definition) is 3. The highest BCUT2D eigenvalue weighted by atomic mass is 16.4. The van der Waals surface area contributed by atoms with Crippen LogP contribution in [0.4, 0.5) is 0 Å². The van der Waals surface area contributed by atoms with E-state index in [0.29, 0.717) is 11.3 Å². The number of fused-ring (bicyclic) bond motifs is 1. The first-order valence-corrected chi connectivity index (χ1v) is 5.70. The quantitative estimate of drug-likeness (QED) is 0.661. The summed E-state index contributed by atoms with van der Waals surface area (Å²) < 4.78 is 5.22. The summed E-state index contributed by atoms with van der Waals surface area (Å²) in [4.78, 5) is 14.7. The molecule has 2 heterocycles. The van der Waals surface area contributed by atoms with Gasteiger partial charge >= 0.3 is 5.97 Å². The smallest absolute Gasteiger partial charge is 0.354 e. The van der Waals surface area contributed by atoms with Gasteiger partial charge in [-0.25, -0.2) is 9.78 Å². The predicted octanol–water partition coefficient (Wildman–Crippen LogP) is 2.60. The van der Waals surface area contributed by atoms with E-state index in [9.17, 15) is 15.0 Å². The van der Waals surface area contributed by atoms with Crippen LogP contribution in [-0.2, 0) is 0 Å². The molecular formula is C14H9NO5. The van der Waals surface area contributed by atoms with Crippen LogP contribution in [0.1, 0.15) is 10.5 Å². The number of benzene rings is 1. The summed E-state index contributed by atoms with van der Waals surface area (Å²) in [5.74, 6) is -1.26. The highest BCUT2D eigenvalue weighted by molar-refractivity contribution is 5.97. The van der Waals surface area contributed by atoms with Crippen molar-refractivity contribution in [3.63, 3.8) is 0 Å². The Morgan fingerprint density at radius 2 is 1.95 bits per heavy atom. The molecule has 0 unspecified atom stereocenters. The van der Waals surface area contributed by atoms with Crippen molar-refractivity contribution in [3.8, 4) is 22.8 Å². The van der Waals surface area contributed by atoms with Gasteiger partial charge in [0.1, 0.15) is 22.8 Å². The normalized spacial score (nSPS) is 10.8. The van der Waals surface area contributed by atoms with Crippen molar-refractivity contribution in [1.29, 1.82) is 0 Å². The lowest BCUT2D eigenvalue weighted by Gasteiger charge is -2.07. The van der Waals surface area contributed by atoms with Crippen LogP contribution in [-0.4, -0.2) is 26.3 Å². The first-order valence-electron chi connectivity index (χ1n) is 5.70. The number of carboxylic acid groups (broad SMARTS) is 1. The number of aromatic nitrogens is 1. The van der Waals surface area contributed by atoms with E-state index < -0.39 is 5.97 Å². The van der Waals surface area contributed by atoms with Gasteiger partial charge in [0.15, 0.2) is 5.69 Å². The second-order valence-corrected chi connectivity index (χ2v) is 4.20. The molecule has 0 saturated carbocycles. The summed E-state index contributed by atoms with van der Waals surface area (Å²) in [6, 6.07) is 7.41. The number of aromatic hydroxyl groups is 2. The SMILES string of the molecule is O=C(O)c1cc(O)c2cc(-c3ccco3)cc(O)c2n1. The van der Waals surface area contributed by atoms with Crippen molar-refractivity contribution < 1.29 is 24.5 Å². The molecule has 2 aromatic heterocycles. The van der Waals surface area contributed by atoms with Gasteiger partial charge in [-0.15, -0.1) is 0 Å². The largest absolute Gasteiger partial charge is 0.507 e. The summed E-state index contributed by atoms with van der Waals surface area (Å²) in [6.45, 7) is 0. The molecule has 0 bridgehead atoms. The Hall–Kier alpha value is -3.02. The Bertz CT molecular complexity index is 808. The summed E-state index contributed by atoms with van der Waals surface area (Å²) in [5.41, 5.74) is 0.244. The van der Waals surface area contributed by atoms with Crippen LogP contribution in [0.2, 0.25) is 0 Å². The number of pyridine rings is 1. The number of phenols is 1. The zero-order chi connectivity index (χ0) is 14.3. The number of phenolic OH excluding ortho intramolecular Hbond substituents is 1. The number of furan rings is 1. The van der Waals surface area contributed by atoms with E-state index in [2.05, 4.69) is 4.98 Å². The number of aromatic carboxylic acids is 1. The minimum atomic E-state index is -1.28. The van der Waals surface area contributed by atoms with Crippen LogP contribution >= 0.6 is 0 Å². The Kier molecular flexibility index (Phi) is 2.57. The number of nitrogens with zero attached hydrogens (tertiary/aromatic N) is 1. The maximum Gasteiger partial charge on any atom is 0.354 e. The molecule has 0 atom stereocenters. The molecule has 0 fully saturated rings. The average molecular weight is 271 g/mol. The highest BCUT2D eigenvalue weighted by Gasteiger charge is 2.15. The summed E-state index contributed by atoms with van der Waals surface area (Å²) in [5, 5.41) is 29.0. The zero-order valence-corrected chi connectivity index (χ0v) is 10.1. The number of carbonyl (C=O) groups is 1. The molecule has 0 aliphatic carbocycles. The summed E-state index contributed by atoms with van der Waals surface area (Å²) >= 11 is 0. The average Bonchev–Trinajstić information content (AvgIpc) is 2.93. The van der Waals surface area contributed by atoms with Gasteiger partial charge in [-0.05, 0) is 24.3 Å². The summed E-state index contributed by atoms with van der Waals surface area (Å²) in [7, 11) is 0. The monoisotopic (exact) mass is 271 g/mol. The number of carboxylic acids is 1. The molecule has 0 saturated heterocycles. The molecule has 0 aliphatic rings. The lowest BCUT2D eigenvalue weighted by molar-refractivity contribution is 0.0690. The molecule has 0 spiro atoms. The van der Waals surface area contributed by atoms with E-state index in [0.717, 1.165) is 6.07 Å². The molecule has 100 valence electrons. The minimum Gasteiger partial charge on any atom is -0.507 e. The van der Waals surface area contributed by atoms with Crippen LogP contribution in [0.5, 0.6) is 11.5 Å². The fourth-order valence-electron chi connectivity index (χ4n) is 1.99. The third-order valence-electron chi connectivity index (χ3n) is 2.90. The molecule has 3 rings (SSSR count). The van der Waals surface area contributed by atoms with Crippen LogP contribution in [0, 0.1) is 0 Å². The van der Waals surface area contributed by atoms with Crippen molar-refractivity contribution in [3.05, 3.63) is 42.3 Å². The molecule has 0 aliphatic heterocycles. The summed E-state index contributed by atoms with van der Waals surface area (Å²) in [6.07, 6.45) is 1.49. The molecule has 6 heteroatoms. The third kappa shape index (κ3) is 1.83. The van der Waals surface area contributed by atoms with Crippen LogP contribution in [0.25, 0.3) is 22.2 Å². The first kappa shape index (κ1) is 12.0. The van der Waals surface area contributed by atoms with Crippen molar-refractivity contribution in [2.24, 2.45) is 0 Å². The fraction of sp³-hybridized carbons (Fsp3) is 0. The molecule has 1 aromatic carbocycles. The number of hydrogen-bond acceptors (Lipinski definition) is 5. The highest BCUT2D eigenvalue weighted by Crippen LogP contribution is 2.35. The van der Waals surface area contributed by atoms with Gasteiger partial charge in [0.25, 0.3) is 0 Å². The van der Waals surface area contributed by atoms with E-state index in [-0.39, 0.29) is 28.1 Å². The Morgan fingerprint density at radius 3 is 2.60 bits per heavy atom. The maximum absolute atomic E-state index is 10.9. The van der Waals surface area contributed by atoms with Gasteiger partial charge in [0.2, 0.25) is 0 Å². The van der Waals surface area contributed by atoms with Gasteiger partial charge in [0, 0.05) is 17.0 Å². The predicted molar refractivity (Wildman–Crippen MR) is 69.7 cm³/mol. The van der Waals surface area contributed by atoms with Gasteiger partial charge in [-0.2, -0.15) is 0 Å². The third-order valence-corrected chi connectivity index (χ3v) is 2.90. The molecule has 3 N–H and O–H groups in total. The van der Waals surface area contributed by atoms with Crippen molar-refractivity contribution >= 4 is 16.9 Å². The lowest BCUT2D eigenvalue weighted by Crippen LogP contribution is -2.00. The first-order chi connectivity index (χ1) is 9.56. The Morgan fingerprint density at radius 1 is 1.15 bits per heavy atom. The van der Waals surface area contributed by atoms with Crippen LogP contribution in [0.3, 0.4) is 0 Å². The minimum absolute atomic E-state index is 0.0257. The fourth-order valence-corrected chi connectivity index (χ4v) is 1.99. The van der Waals surface area contributed by atoms with Crippen molar-refractivity contribution in [2.45, 2.75) is 0 Å². The van der Waals surface area contributed by atoms with Gasteiger partial charge in [-0.1, -0.05) is 0 Å². The Balaban J connectivity index is 2.30. The maximum atomic E-state index is 10.9. The van der Waals surface area contributed by atoms with Gasteiger partial charge in [-0.3, -0.25) is 0 Å². The van der Waals surface area contributed by atoms with E-state index in [1.165, 1.54) is 12.3 Å². The van der Waals surface area contributed by atoms with Crippen LogP contribution < -0.4 is 0 Å². The van der Waals surface area contributed by atoms with E-state index in [1.54, 1.807) is 18.2 Å². The number of rotatable bonds is 2. The van der Waals surface area contributed by atoms with E-state index in [4.69, 9.17) is 9.52 Å². The molecule has 0 amide bonds. The lowest BCUT2D eigenvalue weighted by atomic mass is 10.1. The molecule has 3 aromatic rings. The molecule has 6 nitrogen and oxygen atoms in total. The Labute approximate surface area is 112 Å². The molecule has 0 radical (unpaired) electrons. The van der Waals surface area contributed by atoms with Crippen LogP contribution in [0.15, 0.2) is 41.0 Å². The van der Waals surface area contributed by atoms with Gasteiger partial charge in [0.05, 0.1) is 6.26 Å². The molecule has 20 heavy (non-hydrogen) atoms. The van der Waals surface area contributed by atoms with Crippen molar-refractivity contribution in [2.75, 3.05) is 0 Å². The van der Waals surface area contributed by atoms with E-state index >= 15 is 0 Å². The zero-order valence-electron chi connectivity index (χ0n) is 10.1. The van der Waals surface area contributed by atoms with Gasteiger partial charge < -0.3 is 19.7 Å². The standard InChI is InChI=1S/C14H9NO5/c16-10-6-9(14(18)19)15-13-8(10)4-7(5-11(13)17)12-2-1-3-20-12/h1-6,17H,(H,15,16)(H,18,19). The van der Waals surface area contributed by atoms with Crippen molar-refractivity contribution in [1.82, 2.24) is 4.98 Å². The second-order valence-electron chi connectivity index (χ2n) is 4.20. The second kappa shape index (κ2) is 4.27. The topological polar surface area (TPSA) is 104 Å². The van der Waals surface area contributed by atoms with E-state index in [1.807, 2.05) is 0 Å².